The minimum atomic E-state index is -0.418. The lowest BCUT2D eigenvalue weighted by Crippen LogP contribution is -2.37. The lowest BCUT2D eigenvalue weighted by Gasteiger charge is -2.13. The van der Waals surface area contributed by atoms with E-state index in [0.29, 0.717) is 21.4 Å². The van der Waals surface area contributed by atoms with Gasteiger partial charge in [-0.25, -0.2) is 0 Å². The van der Waals surface area contributed by atoms with Crippen molar-refractivity contribution in [2.45, 2.75) is 6.42 Å². The van der Waals surface area contributed by atoms with E-state index in [-0.39, 0.29) is 30.3 Å². The van der Waals surface area contributed by atoms with E-state index in [1.54, 1.807) is 49.6 Å². The third kappa shape index (κ3) is 5.56. The molecule has 0 saturated carbocycles. The maximum atomic E-state index is 12.6. The van der Waals surface area contributed by atoms with E-state index in [1.165, 1.54) is 0 Å². The number of carbonyl (C=O) groups is 3. The molecule has 0 radical (unpaired) electrons. The number of rotatable bonds is 7. The average molecular weight is 465 g/mol. The quantitative estimate of drug-likeness (QED) is 0.614. The number of thioether (sulfide) groups is 1. The number of methoxy groups -OCH3 is 1. The molecule has 1 saturated heterocycles. The first-order valence-electron chi connectivity index (χ1n) is 8.97. The summed E-state index contributed by atoms with van der Waals surface area (Å²) in [6.45, 7) is 0.246. The number of nitrogens with zero attached hydrogens (tertiary/aromatic N) is 1. The summed E-state index contributed by atoms with van der Waals surface area (Å²) >= 11 is 12.8. The first kappa shape index (κ1) is 22.2. The Labute approximate surface area is 188 Å². The SMILES string of the molecule is COc1cccc(CC(=O)NCCN2C(=O)S/C(=C\c3ccc(Cl)cc3Cl)C2=O)c1. The second kappa shape index (κ2) is 10.0. The maximum absolute atomic E-state index is 12.6. The molecule has 6 nitrogen and oxygen atoms in total. The monoisotopic (exact) mass is 464 g/mol. The van der Waals surface area contributed by atoms with Crippen molar-refractivity contribution < 1.29 is 19.1 Å². The van der Waals surface area contributed by atoms with Gasteiger partial charge in [0.05, 0.1) is 18.4 Å². The van der Waals surface area contributed by atoms with E-state index in [0.717, 1.165) is 22.2 Å². The summed E-state index contributed by atoms with van der Waals surface area (Å²) in [7, 11) is 1.56. The highest BCUT2D eigenvalue weighted by Gasteiger charge is 2.34. The highest BCUT2D eigenvalue weighted by atomic mass is 35.5. The minimum Gasteiger partial charge on any atom is -0.497 e. The summed E-state index contributed by atoms with van der Waals surface area (Å²) in [6, 6.07) is 12.1. The second-order valence-electron chi connectivity index (χ2n) is 6.38. The molecule has 2 aromatic carbocycles. The molecular formula is C21H18Cl2N2O4S. The zero-order chi connectivity index (χ0) is 21.7. The molecule has 30 heavy (non-hydrogen) atoms. The summed E-state index contributed by atoms with van der Waals surface area (Å²) in [5.41, 5.74) is 1.40. The molecule has 1 aliphatic heterocycles. The first-order chi connectivity index (χ1) is 14.4. The Morgan fingerprint density at radius 1 is 1.20 bits per heavy atom. The molecule has 0 aromatic heterocycles. The average Bonchev–Trinajstić information content (AvgIpc) is 2.97. The molecule has 9 heteroatoms. The van der Waals surface area contributed by atoms with Gasteiger partial charge in [-0.05, 0) is 53.2 Å². The van der Waals surface area contributed by atoms with Crippen molar-refractivity contribution in [1.29, 1.82) is 0 Å². The van der Waals surface area contributed by atoms with Crippen LogP contribution in [0.4, 0.5) is 4.79 Å². The summed E-state index contributed by atoms with van der Waals surface area (Å²) in [4.78, 5) is 38.3. The molecule has 3 amide bonds. The number of hydrogen-bond acceptors (Lipinski definition) is 5. The van der Waals surface area contributed by atoms with Crippen LogP contribution in [0.5, 0.6) is 5.75 Å². The molecule has 1 N–H and O–H groups in total. The van der Waals surface area contributed by atoms with E-state index in [9.17, 15) is 14.4 Å². The smallest absolute Gasteiger partial charge is 0.293 e. The van der Waals surface area contributed by atoms with E-state index in [4.69, 9.17) is 27.9 Å². The molecular weight excluding hydrogens is 447 g/mol. The topological polar surface area (TPSA) is 75.7 Å². The Morgan fingerprint density at radius 3 is 2.73 bits per heavy atom. The summed E-state index contributed by atoms with van der Waals surface area (Å²) in [5, 5.41) is 3.21. The Kier molecular flexibility index (Phi) is 7.42. The van der Waals surface area contributed by atoms with Crippen LogP contribution in [0.2, 0.25) is 10.0 Å². The van der Waals surface area contributed by atoms with Gasteiger partial charge in [-0.3, -0.25) is 19.3 Å². The Morgan fingerprint density at radius 2 is 2.00 bits per heavy atom. The van der Waals surface area contributed by atoms with Crippen LogP contribution < -0.4 is 10.1 Å². The molecule has 0 bridgehead atoms. The van der Waals surface area contributed by atoms with Crippen molar-refractivity contribution in [1.82, 2.24) is 10.2 Å². The van der Waals surface area contributed by atoms with E-state index >= 15 is 0 Å². The molecule has 0 atom stereocenters. The van der Waals surface area contributed by atoms with Crippen LogP contribution in [0.15, 0.2) is 47.4 Å². The second-order valence-corrected chi connectivity index (χ2v) is 8.21. The van der Waals surface area contributed by atoms with Crippen molar-refractivity contribution in [2.75, 3.05) is 20.2 Å². The maximum Gasteiger partial charge on any atom is 0.293 e. The third-order valence-corrected chi connectivity index (χ3v) is 5.75. The van der Waals surface area contributed by atoms with Gasteiger partial charge in [0.2, 0.25) is 5.91 Å². The minimum absolute atomic E-state index is 0.0835. The predicted octanol–water partition coefficient (Wildman–Crippen LogP) is 4.40. The van der Waals surface area contributed by atoms with Crippen molar-refractivity contribution in [2.24, 2.45) is 0 Å². The highest BCUT2D eigenvalue weighted by Crippen LogP contribution is 2.33. The van der Waals surface area contributed by atoms with Gasteiger partial charge >= 0.3 is 0 Å². The number of amides is 3. The van der Waals surface area contributed by atoms with Gasteiger partial charge in [0.1, 0.15) is 5.75 Å². The fourth-order valence-corrected chi connectivity index (χ4v) is 4.11. The molecule has 3 rings (SSSR count). The number of hydrogen-bond donors (Lipinski definition) is 1. The van der Waals surface area contributed by atoms with Crippen LogP contribution in [0.3, 0.4) is 0 Å². The first-order valence-corrected chi connectivity index (χ1v) is 10.5. The number of nitrogens with one attached hydrogen (secondary N) is 1. The van der Waals surface area contributed by atoms with Gasteiger partial charge in [0, 0.05) is 23.1 Å². The van der Waals surface area contributed by atoms with Crippen molar-refractivity contribution in [3.8, 4) is 5.75 Å². The van der Waals surface area contributed by atoms with Crippen molar-refractivity contribution in [3.05, 3.63) is 68.5 Å². The number of halogens is 2. The highest BCUT2D eigenvalue weighted by molar-refractivity contribution is 8.18. The molecule has 156 valence electrons. The number of carbonyl (C=O) groups excluding carboxylic acids is 3. The van der Waals surface area contributed by atoms with Crippen molar-refractivity contribution >= 4 is 58.1 Å². The Balaban J connectivity index is 1.55. The van der Waals surface area contributed by atoms with Crippen LogP contribution in [-0.4, -0.2) is 42.2 Å². The Hall–Kier alpha value is -2.48. The zero-order valence-electron chi connectivity index (χ0n) is 16.0. The Bertz CT molecular complexity index is 1030. The lowest BCUT2D eigenvalue weighted by atomic mass is 10.1. The fourth-order valence-electron chi connectivity index (χ4n) is 2.79. The van der Waals surface area contributed by atoms with E-state index in [1.807, 2.05) is 6.07 Å². The molecule has 2 aromatic rings. The molecule has 1 aliphatic rings. The van der Waals surface area contributed by atoms with Gasteiger partial charge in [0.15, 0.2) is 0 Å². The number of imide groups is 1. The molecule has 0 spiro atoms. The van der Waals surface area contributed by atoms with Gasteiger partial charge in [-0.1, -0.05) is 41.4 Å². The lowest BCUT2D eigenvalue weighted by molar-refractivity contribution is -0.124. The molecule has 1 heterocycles. The fraction of sp³-hybridized carbons (Fsp3) is 0.190. The van der Waals surface area contributed by atoms with Crippen molar-refractivity contribution in [3.63, 3.8) is 0 Å². The van der Waals surface area contributed by atoms with Gasteiger partial charge in [0.25, 0.3) is 11.1 Å². The summed E-state index contributed by atoms with van der Waals surface area (Å²) < 4.78 is 5.14. The van der Waals surface area contributed by atoms with Crippen LogP contribution in [0.1, 0.15) is 11.1 Å². The van der Waals surface area contributed by atoms with Crippen LogP contribution >= 0.6 is 35.0 Å². The number of benzene rings is 2. The van der Waals surface area contributed by atoms with E-state index in [2.05, 4.69) is 5.32 Å². The number of ether oxygens (including phenoxy) is 1. The van der Waals surface area contributed by atoms with Crippen LogP contribution in [0, 0.1) is 0 Å². The van der Waals surface area contributed by atoms with Gasteiger partial charge < -0.3 is 10.1 Å². The predicted molar refractivity (Wildman–Crippen MR) is 119 cm³/mol. The largest absolute Gasteiger partial charge is 0.497 e. The normalized spacial score (nSPS) is 15.0. The molecule has 0 aliphatic carbocycles. The van der Waals surface area contributed by atoms with Crippen LogP contribution in [-0.2, 0) is 16.0 Å². The van der Waals surface area contributed by atoms with Gasteiger partial charge in [-0.2, -0.15) is 0 Å². The van der Waals surface area contributed by atoms with Gasteiger partial charge in [-0.15, -0.1) is 0 Å². The zero-order valence-corrected chi connectivity index (χ0v) is 18.3. The third-order valence-electron chi connectivity index (χ3n) is 4.28. The standard InChI is InChI=1S/C21H18Cl2N2O4S/c1-29-16-4-2-3-13(9-16)10-19(26)24-7-8-25-20(27)18(30-21(25)28)11-14-5-6-15(22)12-17(14)23/h2-6,9,11-12H,7-8,10H2,1H3,(H,24,26)/b18-11-. The summed E-state index contributed by atoms with van der Waals surface area (Å²) in [5.74, 6) is 0.0440. The summed E-state index contributed by atoms with van der Waals surface area (Å²) in [6.07, 6.45) is 1.74. The van der Waals surface area contributed by atoms with Crippen LogP contribution in [0.25, 0.3) is 6.08 Å². The molecule has 0 unspecified atom stereocenters. The molecule has 1 fully saturated rings. The van der Waals surface area contributed by atoms with E-state index < -0.39 is 11.1 Å².